The second-order valence-corrected chi connectivity index (χ2v) is 4.24. The molecule has 1 aromatic carbocycles. The summed E-state index contributed by atoms with van der Waals surface area (Å²) in [4.78, 5) is 0. The zero-order chi connectivity index (χ0) is 11.3. The van der Waals surface area contributed by atoms with Crippen LogP contribution >= 0.6 is 0 Å². The van der Waals surface area contributed by atoms with Crippen molar-refractivity contribution in [3.8, 4) is 0 Å². The number of aliphatic hydroxyl groups is 1. The van der Waals surface area contributed by atoms with Crippen LogP contribution in [0, 0.1) is 0 Å². The molecule has 1 rings (SSSR count). The van der Waals surface area contributed by atoms with Crippen LogP contribution in [0.25, 0.3) is 0 Å². The molecule has 2 N–H and O–H groups in total. The Hall–Kier alpha value is -0.860. The molecule has 0 radical (unpaired) electrons. The summed E-state index contributed by atoms with van der Waals surface area (Å²) in [7, 11) is 0. The van der Waals surface area contributed by atoms with Crippen LogP contribution in [0.15, 0.2) is 30.3 Å². The van der Waals surface area contributed by atoms with Gasteiger partial charge in [-0.1, -0.05) is 37.3 Å². The maximum Gasteiger partial charge on any atom is 0.0582 e. The lowest BCUT2D eigenvalue weighted by Gasteiger charge is -2.24. The van der Waals surface area contributed by atoms with E-state index in [1.165, 1.54) is 5.56 Å². The maximum absolute atomic E-state index is 8.97. The topological polar surface area (TPSA) is 32.3 Å². The molecule has 0 aliphatic carbocycles. The van der Waals surface area contributed by atoms with E-state index in [0.717, 1.165) is 0 Å². The van der Waals surface area contributed by atoms with E-state index in [-0.39, 0.29) is 12.6 Å². The van der Waals surface area contributed by atoms with Crippen molar-refractivity contribution in [2.75, 3.05) is 6.61 Å². The fourth-order valence-corrected chi connectivity index (χ4v) is 1.69. The fraction of sp³-hybridized carbons (Fsp3) is 0.538. The average Bonchev–Trinajstić information content (AvgIpc) is 2.29. The molecule has 0 bridgehead atoms. The summed E-state index contributed by atoms with van der Waals surface area (Å²) in [5.74, 6) is 0.459. The third-order valence-corrected chi connectivity index (χ3v) is 2.90. The molecule has 2 heteroatoms. The lowest BCUT2D eigenvalue weighted by Crippen LogP contribution is -2.39. The zero-order valence-electron chi connectivity index (χ0n) is 9.77. The van der Waals surface area contributed by atoms with Gasteiger partial charge in [0.15, 0.2) is 0 Å². The zero-order valence-corrected chi connectivity index (χ0v) is 9.77. The molecule has 0 spiro atoms. The first-order chi connectivity index (χ1) is 7.15. The van der Waals surface area contributed by atoms with Crippen molar-refractivity contribution in [3.63, 3.8) is 0 Å². The van der Waals surface area contributed by atoms with Gasteiger partial charge < -0.3 is 10.4 Å². The predicted molar refractivity (Wildman–Crippen MR) is 64.0 cm³/mol. The van der Waals surface area contributed by atoms with Crippen LogP contribution in [0.5, 0.6) is 0 Å². The molecule has 3 unspecified atom stereocenters. The van der Waals surface area contributed by atoms with Gasteiger partial charge in [0.25, 0.3) is 0 Å². The minimum atomic E-state index is 0.158. The molecule has 0 aliphatic heterocycles. The molecule has 0 amide bonds. The molecular weight excluding hydrogens is 186 g/mol. The quantitative estimate of drug-likeness (QED) is 0.775. The number of hydrogen-bond acceptors (Lipinski definition) is 2. The van der Waals surface area contributed by atoms with Crippen molar-refractivity contribution < 1.29 is 5.11 Å². The van der Waals surface area contributed by atoms with Gasteiger partial charge in [-0.3, -0.25) is 0 Å². The summed E-state index contributed by atoms with van der Waals surface area (Å²) >= 11 is 0. The van der Waals surface area contributed by atoms with E-state index in [4.69, 9.17) is 5.11 Å². The predicted octanol–water partition coefficient (Wildman–Crippen LogP) is 2.15. The van der Waals surface area contributed by atoms with Crippen LogP contribution in [-0.4, -0.2) is 23.8 Å². The van der Waals surface area contributed by atoms with Crippen LogP contribution in [0.1, 0.15) is 32.3 Å². The highest BCUT2D eigenvalue weighted by Gasteiger charge is 2.15. The van der Waals surface area contributed by atoms with Gasteiger partial charge >= 0.3 is 0 Å². The highest BCUT2D eigenvalue weighted by atomic mass is 16.3. The maximum atomic E-state index is 8.97. The van der Waals surface area contributed by atoms with E-state index in [1.807, 2.05) is 13.0 Å². The molecule has 0 aliphatic rings. The van der Waals surface area contributed by atoms with E-state index in [0.29, 0.717) is 12.0 Å². The minimum Gasteiger partial charge on any atom is -0.395 e. The second-order valence-electron chi connectivity index (χ2n) is 4.24. The highest BCUT2D eigenvalue weighted by Crippen LogP contribution is 2.18. The lowest BCUT2D eigenvalue weighted by atomic mass is 9.94. The Morgan fingerprint density at radius 3 is 2.27 bits per heavy atom. The van der Waals surface area contributed by atoms with Gasteiger partial charge in [-0.2, -0.15) is 0 Å². The summed E-state index contributed by atoms with van der Waals surface area (Å²) in [6, 6.07) is 11.0. The van der Waals surface area contributed by atoms with Crippen molar-refractivity contribution in [1.29, 1.82) is 0 Å². The van der Waals surface area contributed by atoms with Crippen molar-refractivity contribution in [2.24, 2.45) is 0 Å². The minimum absolute atomic E-state index is 0.158. The number of nitrogens with one attached hydrogen (secondary N) is 1. The molecule has 0 heterocycles. The molecule has 1 aromatic rings. The summed E-state index contributed by atoms with van der Waals surface area (Å²) in [6.07, 6.45) is 0. The molecule has 84 valence electrons. The number of benzene rings is 1. The van der Waals surface area contributed by atoms with Crippen molar-refractivity contribution in [1.82, 2.24) is 5.32 Å². The summed E-state index contributed by atoms with van der Waals surface area (Å²) in [6.45, 7) is 6.54. The van der Waals surface area contributed by atoms with Gasteiger partial charge in [0.05, 0.1) is 6.61 Å². The van der Waals surface area contributed by atoms with Crippen molar-refractivity contribution in [2.45, 2.75) is 38.8 Å². The van der Waals surface area contributed by atoms with Gasteiger partial charge in [0.2, 0.25) is 0 Å². The van der Waals surface area contributed by atoms with Crippen LogP contribution < -0.4 is 5.32 Å². The molecule has 0 fully saturated rings. The third kappa shape index (κ3) is 3.65. The Bertz CT molecular complexity index is 273. The summed E-state index contributed by atoms with van der Waals surface area (Å²) < 4.78 is 0. The molecule has 2 nitrogen and oxygen atoms in total. The molecular formula is C13H21NO. The van der Waals surface area contributed by atoms with E-state index in [2.05, 4.69) is 43.4 Å². The fourth-order valence-electron chi connectivity index (χ4n) is 1.69. The standard InChI is InChI=1S/C13H21NO/c1-10(9-15)14-12(3)11(2)13-7-5-4-6-8-13/h4-8,10-12,14-15H,9H2,1-3H3. The summed E-state index contributed by atoms with van der Waals surface area (Å²) in [5, 5.41) is 12.4. The normalized spacial score (nSPS) is 17.1. The van der Waals surface area contributed by atoms with Crippen LogP contribution in [0.4, 0.5) is 0 Å². The Kier molecular flexibility index (Phi) is 4.79. The smallest absolute Gasteiger partial charge is 0.0582 e. The monoisotopic (exact) mass is 207 g/mol. The van der Waals surface area contributed by atoms with Gasteiger partial charge in [0.1, 0.15) is 0 Å². The van der Waals surface area contributed by atoms with Crippen molar-refractivity contribution in [3.05, 3.63) is 35.9 Å². The van der Waals surface area contributed by atoms with E-state index in [1.54, 1.807) is 0 Å². The molecule has 3 atom stereocenters. The SMILES string of the molecule is CC(CO)NC(C)C(C)c1ccccc1. The highest BCUT2D eigenvalue weighted by molar-refractivity contribution is 5.20. The lowest BCUT2D eigenvalue weighted by molar-refractivity contribution is 0.238. The first-order valence-electron chi connectivity index (χ1n) is 5.57. The number of hydrogen-bond donors (Lipinski definition) is 2. The largest absolute Gasteiger partial charge is 0.395 e. The number of aliphatic hydroxyl groups excluding tert-OH is 1. The first kappa shape index (κ1) is 12.2. The summed E-state index contributed by atoms with van der Waals surface area (Å²) in [5.41, 5.74) is 1.34. The Balaban J connectivity index is 2.57. The molecule has 0 aromatic heterocycles. The second kappa shape index (κ2) is 5.89. The van der Waals surface area contributed by atoms with Crippen LogP contribution in [0.2, 0.25) is 0 Å². The van der Waals surface area contributed by atoms with Crippen molar-refractivity contribution >= 4 is 0 Å². The first-order valence-corrected chi connectivity index (χ1v) is 5.57. The van der Waals surface area contributed by atoms with Crippen LogP contribution in [0.3, 0.4) is 0 Å². The Morgan fingerprint density at radius 1 is 1.13 bits per heavy atom. The van der Waals surface area contributed by atoms with E-state index >= 15 is 0 Å². The van der Waals surface area contributed by atoms with Gasteiger partial charge in [-0.15, -0.1) is 0 Å². The average molecular weight is 207 g/mol. The van der Waals surface area contributed by atoms with Gasteiger partial charge in [0, 0.05) is 12.1 Å². The number of rotatable bonds is 5. The third-order valence-electron chi connectivity index (χ3n) is 2.90. The Labute approximate surface area is 92.3 Å². The molecule has 0 saturated carbocycles. The van der Waals surface area contributed by atoms with Crippen LogP contribution in [-0.2, 0) is 0 Å². The molecule has 0 saturated heterocycles. The molecule has 15 heavy (non-hydrogen) atoms. The van der Waals surface area contributed by atoms with Gasteiger partial charge in [-0.05, 0) is 25.3 Å². The van der Waals surface area contributed by atoms with Gasteiger partial charge in [-0.25, -0.2) is 0 Å². The van der Waals surface area contributed by atoms with E-state index < -0.39 is 0 Å². The van der Waals surface area contributed by atoms with E-state index in [9.17, 15) is 0 Å². The Morgan fingerprint density at radius 2 is 1.73 bits per heavy atom.